The van der Waals surface area contributed by atoms with Gasteiger partial charge in [0.25, 0.3) is 5.91 Å². The summed E-state index contributed by atoms with van der Waals surface area (Å²) in [5.74, 6) is -0.916. The Morgan fingerprint density at radius 2 is 1.83 bits per heavy atom. The molecule has 3 aromatic rings. The van der Waals surface area contributed by atoms with Gasteiger partial charge in [-0.25, -0.2) is 9.07 Å². The number of para-hydroxylation sites is 1. The first-order valence-corrected chi connectivity index (χ1v) is 7.36. The van der Waals surface area contributed by atoms with Crippen LogP contribution in [0.1, 0.15) is 15.9 Å². The highest BCUT2D eigenvalue weighted by Gasteiger charge is 2.10. The maximum atomic E-state index is 13.5. The molecule has 1 heterocycles. The van der Waals surface area contributed by atoms with Gasteiger partial charge >= 0.3 is 0 Å². The molecule has 116 valence electrons. The van der Waals surface area contributed by atoms with E-state index in [9.17, 15) is 9.18 Å². The highest BCUT2D eigenvalue weighted by atomic mass is 19.1. The van der Waals surface area contributed by atoms with Crippen molar-refractivity contribution < 1.29 is 9.18 Å². The van der Waals surface area contributed by atoms with E-state index < -0.39 is 11.7 Å². The zero-order chi connectivity index (χ0) is 16.1. The van der Waals surface area contributed by atoms with Gasteiger partial charge < -0.3 is 5.32 Å². The van der Waals surface area contributed by atoms with Gasteiger partial charge in [0.1, 0.15) is 5.82 Å². The van der Waals surface area contributed by atoms with E-state index in [1.807, 2.05) is 36.5 Å². The summed E-state index contributed by atoms with van der Waals surface area (Å²) >= 11 is 0. The normalized spacial score (nSPS) is 10.5. The second kappa shape index (κ2) is 6.87. The molecular weight excluding hydrogens is 293 g/mol. The number of carbonyl (C=O) groups excluding carboxylic acids is 1. The Bertz CT molecular complexity index is 799. The smallest absolute Gasteiger partial charge is 0.254 e. The van der Waals surface area contributed by atoms with Crippen molar-refractivity contribution in [3.63, 3.8) is 0 Å². The Morgan fingerprint density at radius 3 is 2.61 bits per heavy atom. The van der Waals surface area contributed by atoms with Crippen molar-refractivity contribution in [2.45, 2.75) is 6.42 Å². The van der Waals surface area contributed by atoms with Crippen LogP contribution in [-0.4, -0.2) is 22.2 Å². The molecule has 0 saturated carbocycles. The summed E-state index contributed by atoms with van der Waals surface area (Å²) in [6.07, 6.45) is 4.32. The highest BCUT2D eigenvalue weighted by Crippen LogP contribution is 2.08. The van der Waals surface area contributed by atoms with Crippen LogP contribution < -0.4 is 5.32 Å². The molecule has 0 aliphatic heterocycles. The molecule has 0 fully saturated rings. The fraction of sp³-hybridized carbons (Fsp3) is 0.111. The van der Waals surface area contributed by atoms with Gasteiger partial charge in [-0.05, 0) is 36.2 Å². The third-order valence-corrected chi connectivity index (χ3v) is 3.47. The maximum absolute atomic E-state index is 13.5. The van der Waals surface area contributed by atoms with Gasteiger partial charge in [-0.2, -0.15) is 5.10 Å². The van der Waals surface area contributed by atoms with Crippen LogP contribution in [0.3, 0.4) is 0 Å². The lowest BCUT2D eigenvalue weighted by Crippen LogP contribution is -2.26. The molecule has 0 spiro atoms. The monoisotopic (exact) mass is 309 g/mol. The first kappa shape index (κ1) is 15.0. The zero-order valence-electron chi connectivity index (χ0n) is 12.4. The summed E-state index contributed by atoms with van der Waals surface area (Å²) in [5, 5.41) is 7.02. The minimum Gasteiger partial charge on any atom is -0.352 e. The van der Waals surface area contributed by atoms with Crippen LogP contribution in [-0.2, 0) is 6.42 Å². The number of nitrogens with zero attached hydrogens (tertiary/aromatic N) is 2. The number of hydrogen-bond donors (Lipinski definition) is 1. The molecular formula is C18H16FN3O. The third-order valence-electron chi connectivity index (χ3n) is 3.47. The van der Waals surface area contributed by atoms with Crippen LogP contribution in [0.5, 0.6) is 0 Å². The number of benzene rings is 2. The predicted molar refractivity (Wildman–Crippen MR) is 86.0 cm³/mol. The zero-order valence-corrected chi connectivity index (χ0v) is 12.4. The topological polar surface area (TPSA) is 46.9 Å². The number of amides is 1. The van der Waals surface area contributed by atoms with Crippen molar-refractivity contribution in [1.82, 2.24) is 15.1 Å². The van der Waals surface area contributed by atoms with E-state index in [1.165, 1.54) is 12.1 Å². The molecule has 1 amide bonds. The van der Waals surface area contributed by atoms with Crippen molar-refractivity contribution in [3.8, 4) is 5.69 Å². The standard InChI is InChI=1S/C18H16FN3O/c19-17-9-5-4-8-16(17)18(23)20-11-10-14-12-21-22(13-14)15-6-2-1-3-7-15/h1-9,12-13H,10-11H2,(H,20,23). The predicted octanol–water partition coefficient (Wildman–Crippen LogP) is 2.98. The summed E-state index contributed by atoms with van der Waals surface area (Å²) in [4.78, 5) is 11.9. The van der Waals surface area contributed by atoms with E-state index in [2.05, 4.69) is 10.4 Å². The molecule has 1 N–H and O–H groups in total. The molecule has 0 unspecified atom stereocenters. The number of halogens is 1. The molecule has 0 aliphatic rings. The van der Waals surface area contributed by atoms with Crippen LogP contribution in [0.15, 0.2) is 67.0 Å². The molecule has 23 heavy (non-hydrogen) atoms. The second-order valence-corrected chi connectivity index (χ2v) is 5.11. The van der Waals surface area contributed by atoms with E-state index in [0.29, 0.717) is 13.0 Å². The lowest BCUT2D eigenvalue weighted by atomic mass is 10.2. The van der Waals surface area contributed by atoms with Crippen molar-refractivity contribution in [2.24, 2.45) is 0 Å². The SMILES string of the molecule is O=C(NCCc1cnn(-c2ccccc2)c1)c1ccccc1F. The first-order valence-electron chi connectivity index (χ1n) is 7.36. The lowest BCUT2D eigenvalue weighted by molar-refractivity contribution is 0.0950. The molecule has 3 rings (SSSR count). The van der Waals surface area contributed by atoms with Crippen LogP contribution in [0.4, 0.5) is 4.39 Å². The van der Waals surface area contributed by atoms with E-state index >= 15 is 0 Å². The van der Waals surface area contributed by atoms with Crippen LogP contribution in [0, 0.1) is 5.82 Å². The van der Waals surface area contributed by atoms with Gasteiger partial charge in [0.05, 0.1) is 17.4 Å². The molecule has 0 aliphatic carbocycles. The van der Waals surface area contributed by atoms with Gasteiger partial charge in [0.2, 0.25) is 0 Å². The molecule has 0 radical (unpaired) electrons. The van der Waals surface area contributed by atoms with E-state index in [4.69, 9.17) is 0 Å². The van der Waals surface area contributed by atoms with E-state index in [-0.39, 0.29) is 5.56 Å². The number of aromatic nitrogens is 2. The lowest BCUT2D eigenvalue weighted by Gasteiger charge is -2.05. The average Bonchev–Trinajstić information content (AvgIpc) is 3.05. The molecule has 0 bridgehead atoms. The number of rotatable bonds is 5. The van der Waals surface area contributed by atoms with Crippen LogP contribution >= 0.6 is 0 Å². The van der Waals surface area contributed by atoms with Crippen molar-refractivity contribution >= 4 is 5.91 Å². The van der Waals surface area contributed by atoms with E-state index in [1.54, 1.807) is 23.0 Å². The van der Waals surface area contributed by atoms with Crippen molar-refractivity contribution in [1.29, 1.82) is 0 Å². The minimum absolute atomic E-state index is 0.0625. The van der Waals surface area contributed by atoms with Crippen molar-refractivity contribution in [2.75, 3.05) is 6.54 Å². The molecule has 4 nitrogen and oxygen atoms in total. The Kier molecular flexibility index (Phi) is 4.47. The maximum Gasteiger partial charge on any atom is 0.254 e. The number of hydrogen-bond acceptors (Lipinski definition) is 2. The Labute approximate surface area is 133 Å². The summed E-state index contributed by atoms with van der Waals surface area (Å²) in [6, 6.07) is 15.7. The quantitative estimate of drug-likeness (QED) is 0.787. The largest absolute Gasteiger partial charge is 0.352 e. The van der Waals surface area contributed by atoms with Crippen LogP contribution in [0.25, 0.3) is 5.69 Å². The summed E-state index contributed by atoms with van der Waals surface area (Å²) in [6.45, 7) is 0.424. The summed E-state index contributed by atoms with van der Waals surface area (Å²) in [5.41, 5.74) is 2.05. The number of nitrogens with one attached hydrogen (secondary N) is 1. The Morgan fingerprint density at radius 1 is 1.09 bits per heavy atom. The fourth-order valence-corrected chi connectivity index (χ4v) is 2.27. The Balaban J connectivity index is 1.56. The summed E-state index contributed by atoms with van der Waals surface area (Å²) < 4.78 is 15.3. The first-order chi connectivity index (χ1) is 11.2. The highest BCUT2D eigenvalue weighted by molar-refractivity contribution is 5.94. The molecule has 1 aromatic heterocycles. The third kappa shape index (κ3) is 3.63. The molecule has 2 aromatic carbocycles. The van der Waals surface area contributed by atoms with Gasteiger partial charge in [0.15, 0.2) is 0 Å². The van der Waals surface area contributed by atoms with Gasteiger partial charge in [0, 0.05) is 12.7 Å². The molecule has 5 heteroatoms. The minimum atomic E-state index is -0.512. The van der Waals surface area contributed by atoms with Crippen molar-refractivity contribution in [3.05, 3.63) is 83.9 Å². The average molecular weight is 309 g/mol. The van der Waals surface area contributed by atoms with E-state index in [0.717, 1.165) is 11.3 Å². The molecule has 0 saturated heterocycles. The Hall–Kier alpha value is -2.95. The van der Waals surface area contributed by atoms with Gasteiger partial charge in [-0.3, -0.25) is 4.79 Å². The van der Waals surface area contributed by atoms with Crippen LogP contribution in [0.2, 0.25) is 0 Å². The fourth-order valence-electron chi connectivity index (χ4n) is 2.27. The number of carbonyl (C=O) groups is 1. The summed E-state index contributed by atoms with van der Waals surface area (Å²) in [7, 11) is 0. The van der Waals surface area contributed by atoms with Gasteiger partial charge in [-0.1, -0.05) is 30.3 Å². The second-order valence-electron chi connectivity index (χ2n) is 5.11. The molecule has 0 atom stereocenters. The van der Waals surface area contributed by atoms with Gasteiger partial charge in [-0.15, -0.1) is 0 Å².